The van der Waals surface area contributed by atoms with E-state index in [1.54, 1.807) is 24.6 Å². The van der Waals surface area contributed by atoms with Crippen LogP contribution in [0, 0.1) is 13.8 Å². The van der Waals surface area contributed by atoms with Gasteiger partial charge in [0.2, 0.25) is 5.95 Å². The van der Waals surface area contributed by atoms with Crippen molar-refractivity contribution < 1.29 is 21.6 Å². The van der Waals surface area contributed by atoms with Gasteiger partial charge in [-0.15, -0.1) is 0 Å². The van der Waals surface area contributed by atoms with Gasteiger partial charge in [-0.3, -0.25) is 5.32 Å². The van der Waals surface area contributed by atoms with Crippen molar-refractivity contribution in [3.05, 3.63) is 39.4 Å². The molecule has 12 heteroatoms. The van der Waals surface area contributed by atoms with Crippen molar-refractivity contribution in [3.63, 3.8) is 0 Å². The third-order valence-corrected chi connectivity index (χ3v) is 6.35. The zero-order valence-corrected chi connectivity index (χ0v) is 16.5. The molecule has 1 aromatic heterocycles. The second-order valence-corrected chi connectivity index (χ2v) is 9.63. The number of nitrogens with one attached hydrogen (secondary N) is 2. The van der Waals surface area contributed by atoms with Gasteiger partial charge in [-0.25, -0.2) is 36.3 Å². The lowest BCUT2D eigenvalue weighted by Gasteiger charge is -2.16. The molecule has 9 nitrogen and oxygen atoms in total. The van der Waals surface area contributed by atoms with Gasteiger partial charge in [0.05, 0.1) is 0 Å². The molecule has 1 aliphatic carbocycles. The third-order valence-electron chi connectivity index (χ3n) is 3.14. The highest BCUT2D eigenvalue weighted by Crippen LogP contribution is 2.25. The lowest BCUT2D eigenvalue weighted by molar-refractivity contribution is 0.256. The van der Waals surface area contributed by atoms with Crippen molar-refractivity contribution in [2.45, 2.75) is 20.3 Å². The van der Waals surface area contributed by atoms with Crippen LogP contribution in [0.1, 0.15) is 17.8 Å². The zero-order valence-electron chi connectivity index (χ0n) is 14.1. The fraction of sp³-hybridized carbons (Fsp3) is 0.286. The molecule has 0 unspecified atom stereocenters. The van der Waals surface area contributed by atoms with Crippen molar-refractivity contribution in [2.24, 2.45) is 0 Å². The van der Waals surface area contributed by atoms with Crippen LogP contribution >= 0.6 is 12.2 Å². The summed E-state index contributed by atoms with van der Waals surface area (Å²) in [6.07, 6.45) is 3.50. The van der Waals surface area contributed by atoms with Gasteiger partial charge in [0.15, 0.2) is 9.84 Å². The highest BCUT2D eigenvalue weighted by Gasteiger charge is 2.31. The van der Waals surface area contributed by atoms with Crippen LogP contribution in [-0.2, 0) is 19.9 Å². The second kappa shape index (κ2) is 7.21. The van der Waals surface area contributed by atoms with Crippen molar-refractivity contribution in [1.29, 1.82) is 0 Å². The lowest BCUT2D eigenvalue weighted by Crippen LogP contribution is -2.37. The summed E-state index contributed by atoms with van der Waals surface area (Å²) in [5, 5.41) is 2.20. The highest BCUT2D eigenvalue weighted by atomic mass is 32.2. The summed E-state index contributed by atoms with van der Waals surface area (Å²) in [5.74, 6) is -0.0813. The first-order valence-electron chi connectivity index (χ1n) is 7.20. The van der Waals surface area contributed by atoms with Gasteiger partial charge in [0, 0.05) is 28.9 Å². The predicted molar refractivity (Wildman–Crippen MR) is 101 cm³/mol. The van der Waals surface area contributed by atoms with E-state index in [0.29, 0.717) is 11.4 Å². The number of aromatic nitrogens is 2. The maximum atomic E-state index is 12.5. The molecule has 2 N–H and O–H groups in total. The Balaban J connectivity index is 2.34. The summed E-state index contributed by atoms with van der Waals surface area (Å²) in [5.41, 5.74) is 1.16. The summed E-state index contributed by atoms with van der Waals surface area (Å²) in [7, 11) is -8.38. The van der Waals surface area contributed by atoms with Crippen LogP contribution in [0.25, 0.3) is 0 Å². The van der Waals surface area contributed by atoms with Gasteiger partial charge in [0.1, 0.15) is 9.81 Å². The van der Waals surface area contributed by atoms with Crippen LogP contribution in [0.2, 0.25) is 0 Å². The number of hydrogen-bond acceptors (Lipinski definition) is 8. The summed E-state index contributed by atoms with van der Waals surface area (Å²) < 4.78 is 50.5. The van der Waals surface area contributed by atoms with E-state index in [9.17, 15) is 21.6 Å². The molecule has 1 aromatic rings. The van der Waals surface area contributed by atoms with Crippen LogP contribution in [0.15, 0.2) is 28.0 Å². The Hall–Kier alpha value is -2.18. The highest BCUT2D eigenvalue weighted by molar-refractivity contribution is 8.00. The smallest absolute Gasteiger partial charge is 0.275 e. The number of hydrogen-bond donors (Lipinski definition) is 2. The lowest BCUT2D eigenvalue weighted by atomic mass is 10.2. The number of nitrogens with zero attached hydrogens (tertiary/aromatic N) is 2. The number of carbonyl (C=O) groups is 1. The summed E-state index contributed by atoms with van der Waals surface area (Å²) >= 11 is 4.97. The van der Waals surface area contributed by atoms with Crippen LogP contribution in [-0.4, -0.2) is 44.0 Å². The SMILES string of the molecule is Cc1cc(C)nc(NC(=O)NS(=O)(=O)C2=C(S(C)(=O)=O)C(=S)CC=C2)n1. The molecule has 2 amide bonds. The van der Waals surface area contributed by atoms with Gasteiger partial charge in [-0.1, -0.05) is 18.3 Å². The summed E-state index contributed by atoms with van der Waals surface area (Å²) in [6, 6.07) is 0.553. The predicted octanol–water partition coefficient (Wildman–Crippen LogP) is 1.13. The molecule has 0 saturated heterocycles. The molecule has 1 aliphatic rings. The fourth-order valence-electron chi connectivity index (χ4n) is 2.27. The Morgan fingerprint density at radius 2 is 1.73 bits per heavy atom. The Bertz CT molecular complexity index is 1040. The maximum Gasteiger partial charge on any atom is 0.335 e. The topological polar surface area (TPSA) is 135 Å². The van der Waals surface area contributed by atoms with Crippen LogP contribution in [0.3, 0.4) is 0 Å². The monoisotopic (exact) mass is 416 g/mol. The van der Waals surface area contributed by atoms with Crippen LogP contribution < -0.4 is 10.0 Å². The zero-order chi connectivity index (χ0) is 19.7. The average molecular weight is 417 g/mol. The molecule has 2 rings (SSSR count). The summed E-state index contributed by atoms with van der Waals surface area (Å²) in [6.45, 7) is 3.37. The first kappa shape index (κ1) is 20.1. The largest absolute Gasteiger partial charge is 0.335 e. The Kier molecular flexibility index (Phi) is 5.58. The number of allylic oxidation sites excluding steroid dienone is 3. The van der Waals surface area contributed by atoms with Crippen molar-refractivity contribution in [2.75, 3.05) is 11.6 Å². The first-order chi connectivity index (χ1) is 11.9. The normalized spacial score (nSPS) is 15.1. The number of aryl methyl sites for hydroxylation is 2. The van der Waals surface area contributed by atoms with E-state index in [1.807, 2.05) is 0 Å². The second-order valence-electron chi connectivity index (χ2n) is 5.53. The molecule has 0 aliphatic heterocycles. The molecule has 0 radical (unpaired) electrons. The van der Waals surface area contributed by atoms with E-state index in [0.717, 1.165) is 12.3 Å². The van der Waals surface area contributed by atoms with Gasteiger partial charge in [0.25, 0.3) is 10.0 Å². The fourth-order valence-corrected chi connectivity index (χ4v) is 5.75. The van der Waals surface area contributed by atoms with Crippen molar-refractivity contribution >= 4 is 48.9 Å². The third kappa shape index (κ3) is 4.71. The molecule has 140 valence electrons. The Morgan fingerprint density at radius 1 is 1.15 bits per heavy atom. The number of sulfone groups is 1. The van der Waals surface area contributed by atoms with Gasteiger partial charge in [-0.2, -0.15) is 0 Å². The molecule has 26 heavy (non-hydrogen) atoms. The van der Waals surface area contributed by atoms with Gasteiger partial charge >= 0.3 is 6.03 Å². The minimum absolute atomic E-state index is 0.0339. The molecule has 0 saturated carbocycles. The van der Waals surface area contributed by atoms with Crippen LogP contribution in [0.4, 0.5) is 10.7 Å². The van der Waals surface area contributed by atoms with E-state index >= 15 is 0 Å². The number of amides is 2. The number of sulfonamides is 1. The van der Waals surface area contributed by atoms with E-state index in [4.69, 9.17) is 12.2 Å². The van der Waals surface area contributed by atoms with Crippen LogP contribution in [0.5, 0.6) is 0 Å². The molecule has 0 aromatic carbocycles. The van der Waals surface area contributed by atoms with E-state index in [-0.39, 0.29) is 17.2 Å². The number of carbonyl (C=O) groups excluding carboxylic acids is 1. The number of anilines is 1. The first-order valence-corrected chi connectivity index (χ1v) is 11.0. The minimum atomic E-state index is -4.48. The molecule has 0 fully saturated rings. The van der Waals surface area contributed by atoms with E-state index in [2.05, 4.69) is 15.3 Å². The molecule has 1 heterocycles. The Labute approximate surface area is 156 Å². The van der Waals surface area contributed by atoms with E-state index < -0.39 is 35.7 Å². The quantitative estimate of drug-likeness (QED) is 0.697. The molecule has 0 spiro atoms. The minimum Gasteiger partial charge on any atom is -0.275 e. The van der Waals surface area contributed by atoms with Gasteiger partial charge < -0.3 is 0 Å². The number of thiocarbonyl (C=S) groups is 1. The van der Waals surface area contributed by atoms with Gasteiger partial charge in [-0.05, 0) is 26.0 Å². The molecule has 0 atom stereocenters. The van der Waals surface area contributed by atoms with Crippen molar-refractivity contribution in [3.8, 4) is 0 Å². The molecule has 0 bridgehead atoms. The number of urea groups is 1. The Morgan fingerprint density at radius 3 is 2.27 bits per heavy atom. The summed E-state index contributed by atoms with van der Waals surface area (Å²) in [4.78, 5) is 18.8. The average Bonchev–Trinajstić information content (AvgIpc) is 2.43. The van der Waals surface area contributed by atoms with Crippen molar-refractivity contribution in [1.82, 2.24) is 14.7 Å². The number of rotatable bonds is 4. The molecular formula is C14H16N4O5S3. The van der Waals surface area contributed by atoms with E-state index in [1.165, 1.54) is 6.08 Å². The maximum absolute atomic E-state index is 12.5. The molecular weight excluding hydrogens is 400 g/mol. The standard InChI is InChI=1S/C14H16N4O5S3/c1-8-7-9(2)16-13(15-8)17-14(19)18-26(22,23)11-6-4-5-10(24)12(11)25(3,20)21/h4,6-7H,5H2,1-3H3,(H2,15,16,17,18,19).